The second kappa shape index (κ2) is 8.10. The van der Waals surface area contributed by atoms with E-state index in [0.717, 1.165) is 11.1 Å². The van der Waals surface area contributed by atoms with E-state index < -0.39 is 10.0 Å². The lowest BCUT2D eigenvalue weighted by Gasteiger charge is -2.26. The van der Waals surface area contributed by atoms with Gasteiger partial charge in [0.15, 0.2) is 0 Å². The van der Waals surface area contributed by atoms with Crippen LogP contribution in [0.2, 0.25) is 0 Å². The Morgan fingerprint density at radius 3 is 2.37 bits per heavy atom. The molecule has 6 nitrogen and oxygen atoms in total. The fourth-order valence-corrected chi connectivity index (χ4v) is 4.39. The second-order valence-corrected chi connectivity index (χ2v) is 8.39. The van der Waals surface area contributed by atoms with Gasteiger partial charge < -0.3 is 9.64 Å². The molecule has 0 atom stereocenters. The number of hydrogen-bond donors (Lipinski definition) is 1. The van der Waals surface area contributed by atoms with E-state index in [-0.39, 0.29) is 10.8 Å². The normalized spacial score (nSPS) is 14.8. The smallest absolute Gasteiger partial charge is 0.262 e. The number of ether oxygens (including phenoxy) is 1. The van der Waals surface area contributed by atoms with Gasteiger partial charge in [-0.15, -0.1) is 0 Å². The van der Waals surface area contributed by atoms with E-state index in [1.165, 1.54) is 0 Å². The lowest BCUT2D eigenvalue weighted by atomic mass is 10.1. The zero-order chi connectivity index (χ0) is 19.4. The molecule has 1 aliphatic heterocycles. The number of anilines is 1. The molecule has 1 saturated heterocycles. The van der Waals surface area contributed by atoms with Crippen LogP contribution in [0.25, 0.3) is 0 Å². The minimum Gasteiger partial charge on any atom is -0.378 e. The van der Waals surface area contributed by atoms with Gasteiger partial charge in [0, 0.05) is 18.8 Å². The van der Waals surface area contributed by atoms with Gasteiger partial charge in [-0.1, -0.05) is 29.8 Å². The standard InChI is InChI=1S/C20H24N2O4S/c1-15-3-8-19(16(2)13-15)27(24,25)21-18-6-4-17(5-7-18)14-20(23)22-9-11-26-12-10-22/h3-8,13,21H,9-12,14H2,1-2H3. The van der Waals surface area contributed by atoms with E-state index in [4.69, 9.17) is 4.74 Å². The third-order valence-electron chi connectivity index (χ3n) is 4.55. The molecule has 0 radical (unpaired) electrons. The summed E-state index contributed by atoms with van der Waals surface area (Å²) in [5.41, 5.74) is 3.04. The third kappa shape index (κ3) is 4.87. The molecule has 0 aliphatic carbocycles. The number of sulfonamides is 1. The van der Waals surface area contributed by atoms with Crippen molar-refractivity contribution >= 4 is 21.6 Å². The van der Waals surface area contributed by atoms with Crippen LogP contribution >= 0.6 is 0 Å². The van der Waals surface area contributed by atoms with Crippen LogP contribution in [0.4, 0.5) is 5.69 Å². The van der Waals surface area contributed by atoms with Crippen molar-refractivity contribution in [1.82, 2.24) is 4.90 Å². The summed E-state index contributed by atoms with van der Waals surface area (Å²) in [6.45, 7) is 6.09. The molecule has 1 aliphatic rings. The van der Waals surface area contributed by atoms with Crippen molar-refractivity contribution in [1.29, 1.82) is 0 Å². The molecule has 2 aromatic carbocycles. The van der Waals surface area contributed by atoms with Gasteiger partial charge in [0.2, 0.25) is 5.91 Å². The van der Waals surface area contributed by atoms with Gasteiger partial charge in [-0.3, -0.25) is 9.52 Å². The Morgan fingerprint density at radius 2 is 1.74 bits per heavy atom. The van der Waals surface area contributed by atoms with E-state index >= 15 is 0 Å². The summed E-state index contributed by atoms with van der Waals surface area (Å²) in [6, 6.07) is 12.2. The lowest BCUT2D eigenvalue weighted by Crippen LogP contribution is -2.41. The Kier molecular flexibility index (Phi) is 5.82. The second-order valence-electron chi connectivity index (χ2n) is 6.74. The number of amides is 1. The highest BCUT2D eigenvalue weighted by Gasteiger charge is 2.18. The molecule has 7 heteroatoms. The van der Waals surface area contributed by atoms with Crippen molar-refractivity contribution in [2.45, 2.75) is 25.2 Å². The molecule has 1 N–H and O–H groups in total. The molecule has 0 unspecified atom stereocenters. The van der Waals surface area contributed by atoms with Crippen molar-refractivity contribution < 1.29 is 17.9 Å². The molecule has 2 aromatic rings. The van der Waals surface area contributed by atoms with E-state index in [0.29, 0.717) is 44.0 Å². The molecule has 3 rings (SSSR count). The molecule has 1 amide bonds. The SMILES string of the molecule is Cc1ccc(S(=O)(=O)Nc2ccc(CC(=O)N3CCOCC3)cc2)c(C)c1. The maximum Gasteiger partial charge on any atom is 0.262 e. The summed E-state index contributed by atoms with van der Waals surface area (Å²) < 4.78 is 33.1. The van der Waals surface area contributed by atoms with E-state index in [2.05, 4.69) is 4.72 Å². The van der Waals surface area contributed by atoms with Crippen molar-refractivity contribution in [3.05, 3.63) is 59.2 Å². The van der Waals surface area contributed by atoms with Crippen LogP contribution in [0.15, 0.2) is 47.4 Å². The number of morpholine rings is 1. The van der Waals surface area contributed by atoms with Crippen LogP contribution in [0.5, 0.6) is 0 Å². The van der Waals surface area contributed by atoms with Crippen LogP contribution in [0.1, 0.15) is 16.7 Å². The fraction of sp³-hybridized carbons (Fsp3) is 0.350. The average molecular weight is 388 g/mol. The Morgan fingerprint density at radius 1 is 1.07 bits per heavy atom. The third-order valence-corrected chi connectivity index (χ3v) is 6.09. The average Bonchev–Trinajstić information content (AvgIpc) is 2.63. The van der Waals surface area contributed by atoms with Gasteiger partial charge in [-0.05, 0) is 43.2 Å². The minimum atomic E-state index is -3.65. The van der Waals surface area contributed by atoms with Gasteiger partial charge in [0.1, 0.15) is 0 Å². The number of benzene rings is 2. The van der Waals surface area contributed by atoms with Gasteiger partial charge in [0.05, 0.1) is 24.5 Å². The van der Waals surface area contributed by atoms with Crippen molar-refractivity contribution in [2.75, 3.05) is 31.0 Å². The molecule has 27 heavy (non-hydrogen) atoms. The van der Waals surface area contributed by atoms with Crippen molar-refractivity contribution in [2.24, 2.45) is 0 Å². The van der Waals surface area contributed by atoms with Gasteiger partial charge in [-0.25, -0.2) is 8.42 Å². The summed E-state index contributed by atoms with van der Waals surface area (Å²) in [5, 5.41) is 0. The zero-order valence-electron chi connectivity index (χ0n) is 15.6. The molecule has 0 saturated carbocycles. The van der Waals surface area contributed by atoms with Crippen LogP contribution < -0.4 is 4.72 Å². The molecule has 0 aromatic heterocycles. The van der Waals surface area contributed by atoms with E-state index in [1.807, 2.05) is 13.0 Å². The largest absolute Gasteiger partial charge is 0.378 e. The number of rotatable bonds is 5. The molecular weight excluding hydrogens is 364 g/mol. The quantitative estimate of drug-likeness (QED) is 0.854. The lowest BCUT2D eigenvalue weighted by molar-refractivity contribution is -0.134. The summed E-state index contributed by atoms with van der Waals surface area (Å²) >= 11 is 0. The summed E-state index contributed by atoms with van der Waals surface area (Å²) in [6.07, 6.45) is 0.296. The van der Waals surface area contributed by atoms with Crippen LogP contribution in [0, 0.1) is 13.8 Å². The fourth-order valence-electron chi connectivity index (χ4n) is 3.10. The first-order chi connectivity index (χ1) is 12.8. The molecule has 1 fully saturated rings. The molecular formula is C20H24N2O4S. The first kappa shape index (κ1) is 19.4. The predicted molar refractivity (Wildman–Crippen MR) is 104 cm³/mol. The Labute approximate surface area is 160 Å². The topological polar surface area (TPSA) is 75.7 Å². The summed E-state index contributed by atoms with van der Waals surface area (Å²) in [4.78, 5) is 14.3. The number of nitrogens with one attached hydrogen (secondary N) is 1. The number of carbonyl (C=O) groups excluding carboxylic acids is 1. The predicted octanol–water partition coefficient (Wildman–Crippen LogP) is 2.51. The molecule has 0 bridgehead atoms. The maximum atomic E-state index is 12.6. The number of hydrogen-bond acceptors (Lipinski definition) is 4. The van der Waals surface area contributed by atoms with E-state index in [1.54, 1.807) is 48.2 Å². The Balaban J connectivity index is 1.67. The summed E-state index contributed by atoms with van der Waals surface area (Å²) in [5.74, 6) is 0.0573. The molecule has 0 spiro atoms. The van der Waals surface area contributed by atoms with Crippen molar-refractivity contribution in [3.63, 3.8) is 0 Å². The minimum absolute atomic E-state index is 0.0573. The van der Waals surface area contributed by atoms with Gasteiger partial charge in [0.25, 0.3) is 10.0 Å². The number of aryl methyl sites for hydroxylation is 2. The maximum absolute atomic E-state index is 12.6. The highest BCUT2D eigenvalue weighted by atomic mass is 32.2. The van der Waals surface area contributed by atoms with Gasteiger partial charge in [-0.2, -0.15) is 0 Å². The summed E-state index contributed by atoms with van der Waals surface area (Å²) in [7, 11) is -3.65. The van der Waals surface area contributed by atoms with Gasteiger partial charge >= 0.3 is 0 Å². The monoisotopic (exact) mass is 388 g/mol. The molecule has 144 valence electrons. The van der Waals surface area contributed by atoms with Crippen LogP contribution in [0.3, 0.4) is 0 Å². The first-order valence-electron chi connectivity index (χ1n) is 8.90. The highest BCUT2D eigenvalue weighted by molar-refractivity contribution is 7.92. The van der Waals surface area contributed by atoms with Crippen molar-refractivity contribution in [3.8, 4) is 0 Å². The number of nitrogens with zero attached hydrogens (tertiary/aromatic N) is 1. The Hall–Kier alpha value is -2.38. The highest BCUT2D eigenvalue weighted by Crippen LogP contribution is 2.21. The van der Waals surface area contributed by atoms with Crippen LogP contribution in [-0.4, -0.2) is 45.5 Å². The first-order valence-corrected chi connectivity index (χ1v) is 10.4. The van der Waals surface area contributed by atoms with E-state index in [9.17, 15) is 13.2 Å². The Bertz CT molecular complexity index is 917. The molecule has 1 heterocycles. The van der Waals surface area contributed by atoms with Crippen LogP contribution in [-0.2, 0) is 26.0 Å². The number of carbonyl (C=O) groups is 1. The zero-order valence-corrected chi connectivity index (χ0v) is 16.4.